The van der Waals surface area contributed by atoms with E-state index in [1.807, 2.05) is 25.1 Å². The molecule has 0 bridgehead atoms. The maximum Gasteiger partial charge on any atom is 0.273 e. The van der Waals surface area contributed by atoms with Crippen LogP contribution >= 0.6 is 11.6 Å². The summed E-state index contributed by atoms with van der Waals surface area (Å²) < 4.78 is 5.66. The fourth-order valence-electron chi connectivity index (χ4n) is 2.83. The molecule has 0 aliphatic heterocycles. The number of aromatic nitrogens is 5. The van der Waals surface area contributed by atoms with Crippen LogP contribution in [-0.2, 0) is 13.5 Å². The molecule has 3 aromatic rings. The van der Waals surface area contributed by atoms with Crippen LogP contribution in [0.5, 0.6) is 5.75 Å². The molecule has 9 nitrogen and oxygen atoms in total. The fourth-order valence-corrected chi connectivity index (χ4v) is 2.98. The maximum atomic E-state index is 12.1. The normalized spacial score (nSPS) is 10.6. The van der Waals surface area contributed by atoms with E-state index in [0.717, 1.165) is 23.4 Å². The first-order valence-electron chi connectivity index (χ1n) is 8.58. The van der Waals surface area contributed by atoms with Crippen LogP contribution in [0.3, 0.4) is 0 Å². The van der Waals surface area contributed by atoms with Gasteiger partial charge in [0.05, 0.1) is 24.2 Å². The summed E-state index contributed by atoms with van der Waals surface area (Å²) >= 11 is 5.98. The minimum Gasteiger partial charge on any atom is -0.494 e. The van der Waals surface area contributed by atoms with E-state index in [1.54, 1.807) is 14.2 Å². The van der Waals surface area contributed by atoms with Gasteiger partial charge in [-0.2, -0.15) is 15.0 Å². The Kier molecular flexibility index (Phi) is 5.74. The van der Waals surface area contributed by atoms with E-state index in [9.17, 15) is 4.79 Å². The third kappa shape index (κ3) is 3.74. The van der Waals surface area contributed by atoms with Gasteiger partial charge < -0.3 is 15.4 Å². The summed E-state index contributed by atoms with van der Waals surface area (Å²) in [6.45, 7) is 2.02. The molecule has 28 heavy (non-hydrogen) atoms. The summed E-state index contributed by atoms with van der Waals surface area (Å²) in [7, 11) is 4.87. The monoisotopic (exact) mass is 401 g/mol. The SMILES string of the molecule is CCc1nn(C)nc1-c1cccc(Nc2cc(Cl)nnc2C(=O)NC)c1OC. The first-order chi connectivity index (χ1) is 13.5. The van der Waals surface area contributed by atoms with E-state index in [-0.39, 0.29) is 16.8 Å². The predicted molar refractivity (Wildman–Crippen MR) is 106 cm³/mol. The predicted octanol–water partition coefficient (Wildman–Crippen LogP) is 2.60. The van der Waals surface area contributed by atoms with Crippen LogP contribution in [0.15, 0.2) is 24.3 Å². The highest BCUT2D eigenvalue weighted by atomic mass is 35.5. The summed E-state index contributed by atoms with van der Waals surface area (Å²) in [6, 6.07) is 7.13. The Labute approximate surface area is 167 Å². The lowest BCUT2D eigenvalue weighted by molar-refractivity contribution is 0.0958. The number of hydrogen-bond donors (Lipinski definition) is 2. The lowest BCUT2D eigenvalue weighted by atomic mass is 10.1. The largest absolute Gasteiger partial charge is 0.494 e. The first kappa shape index (κ1) is 19.6. The molecule has 1 amide bonds. The number of methoxy groups -OCH3 is 1. The Hall–Kier alpha value is -3.20. The molecule has 0 aliphatic carbocycles. The molecule has 0 atom stereocenters. The lowest BCUT2D eigenvalue weighted by Crippen LogP contribution is -2.21. The molecule has 0 fully saturated rings. The van der Waals surface area contributed by atoms with E-state index >= 15 is 0 Å². The number of amides is 1. The number of halogens is 1. The summed E-state index contributed by atoms with van der Waals surface area (Å²) in [4.78, 5) is 13.6. The molecular weight excluding hydrogens is 382 g/mol. The van der Waals surface area contributed by atoms with Crippen LogP contribution in [0.25, 0.3) is 11.3 Å². The van der Waals surface area contributed by atoms with E-state index in [4.69, 9.17) is 16.3 Å². The Bertz CT molecular complexity index is 1020. The minimum atomic E-state index is -0.385. The summed E-state index contributed by atoms with van der Waals surface area (Å²) in [5.74, 6) is 0.178. The van der Waals surface area contributed by atoms with Crippen molar-refractivity contribution >= 4 is 28.9 Å². The second kappa shape index (κ2) is 8.22. The summed E-state index contributed by atoms with van der Waals surface area (Å²) in [5.41, 5.74) is 3.53. The van der Waals surface area contributed by atoms with Gasteiger partial charge in [0, 0.05) is 25.7 Å². The van der Waals surface area contributed by atoms with Crippen molar-refractivity contribution in [1.82, 2.24) is 30.5 Å². The van der Waals surface area contributed by atoms with E-state index < -0.39 is 0 Å². The van der Waals surface area contributed by atoms with Crippen molar-refractivity contribution in [3.63, 3.8) is 0 Å². The molecule has 0 saturated carbocycles. The molecule has 2 heterocycles. The number of benzene rings is 1. The van der Waals surface area contributed by atoms with E-state index in [0.29, 0.717) is 17.1 Å². The van der Waals surface area contributed by atoms with E-state index in [1.165, 1.54) is 17.9 Å². The molecule has 0 aliphatic rings. The molecular formula is C18H20ClN7O2. The molecule has 3 rings (SSSR count). The van der Waals surface area contributed by atoms with Gasteiger partial charge in [-0.3, -0.25) is 4.79 Å². The average molecular weight is 402 g/mol. The summed E-state index contributed by atoms with van der Waals surface area (Å²) in [5, 5.41) is 22.4. The van der Waals surface area contributed by atoms with Crippen molar-refractivity contribution in [2.45, 2.75) is 13.3 Å². The smallest absolute Gasteiger partial charge is 0.273 e. The molecule has 2 N–H and O–H groups in total. The number of para-hydroxylation sites is 1. The zero-order chi connectivity index (χ0) is 20.3. The van der Waals surface area contributed by atoms with Crippen molar-refractivity contribution in [2.75, 3.05) is 19.5 Å². The standard InChI is InChI=1S/C18H20ClN7O2/c1-5-11-15(25-26(3)24-11)10-7-6-8-12(17(10)28-4)21-13-9-14(19)22-23-16(13)18(27)20-2/h6-9H,5H2,1-4H3,(H,20,27)(H,21,22). The molecule has 2 aromatic heterocycles. The van der Waals surface area contributed by atoms with Gasteiger partial charge in [0.15, 0.2) is 16.6 Å². The Balaban J connectivity index is 2.10. The first-order valence-corrected chi connectivity index (χ1v) is 8.96. The number of carbonyl (C=O) groups excluding carboxylic acids is 1. The van der Waals surface area contributed by atoms with Crippen molar-refractivity contribution in [2.24, 2.45) is 7.05 Å². The number of carbonyl (C=O) groups is 1. The number of nitrogens with zero attached hydrogens (tertiary/aromatic N) is 5. The maximum absolute atomic E-state index is 12.1. The minimum absolute atomic E-state index is 0.119. The number of aryl methyl sites for hydroxylation is 2. The highest BCUT2D eigenvalue weighted by Crippen LogP contribution is 2.38. The van der Waals surface area contributed by atoms with Crippen LogP contribution in [0, 0.1) is 0 Å². The Morgan fingerprint density at radius 3 is 2.71 bits per heavy atom. The molecule has 1 aromatic carbocycles. The second-order valence-corrected chi connectivity index (χ2v) is 6.25. The highest BCUT2D eigenvalue weighted by Gasteiger charge is 2.20. The third-order valence-electron chi connectivity index (χ3n) is 4.07. The van der Waals surface area contributed by atoms with Gasteiger partial charge in [0.2, 0.25) is 0 Å². The third-order valence-corrected chi connectivity index (χ3v) is 4.25. The number of rotatable bonds is 6. The van der Waals surface area contributed by atoms with Gasteiger partial charge in [-0.1, -0.05) is 24.6 Å². The van der Waals surface area contributed by atoms with Crippen molar-refractivity contribution in [1.29, 1.82) is 0 Å². The second-order valence-electron chi connectivity index (χ2n) is 5.86. The van der Waals surface area contributed by atoms with Crippen LogP contribution in [0.4, 0.5) is 11.4 Å². The molecule has 10 heteroatoms. The van der Waals surface area contributed by atoms with Crippen molar-refractivity contribution in [3.8, 4) is 17.0 Å². The van der Waals surface area contributed by atoms with Gasteiger partial charge in [-0.05, 0) is 18.6 Å². The van der Waals surface area contributed by atoms with E-state index in [2.05, 4.69) is 31.0 Å². The van der Waals surface area contributed by atoms with Gasteiger partial charge in [-0.25, -0.2) is 0 Å². The zero-order valence-corrected chi connectivity index (χ0v) is 16.7. The van der Waals surface area contributed by atoms with Crippen LogP contribution in [-0.4, -0.2) is 45.3 Å². The quantitative estimate of drug-likeness (QED) is 0.653. The zero-order valence-electron chi connectivity index (χ0n) is 15.9. The summed E-state index contributed by atoms with van der Waals surface area (Å²) in [6.07, 6.45) is 0.731. The highest BCUT2D eigenvalue weighted by molar-refractivity contribution is 6.29. The molecule has 0 spiro atoms. The van der Waals surface area contributed by atoms with Crippen LogP contribution < -0.4 is 15.4 Å². The number of anilines is 2. The molecule has 0 unspecified atom stereocenters. The van der Waals surface area contributed by atoms with Gasteiger partial charge >= 0.3 is 0 Å². The molecule has 0 saturated heterocycles. The molecule has 0 radical (unpaired) electrons. The van der Waals surface area contributed by atoms with Gasteiger partial charge in [0.1, 0.15) is 5.69 Å². The average Bonchev–Trinajstić information content (AvgIpc) is 3.08. The van der Waals surface area contributed by atoms with Crippen LogP contribution in [0.1, 0.15) is 23.1 Å². The lowest BCUT2D eigenvalue weighted by Gasteiger charge is -2.16. The fraction of sp³-hybridized carbons (Fsp3) is 0.278. The number of nitrogens with one attached hydrogen (secondary N) is 2. The molecule has 146 valence electrons. The van der Waals surface area contributed by atoms with Crippen LogP contribution in [0.2, 0.25) is 5.15 Å². The van der Waals surface area contributed by atoms with Gasteiger partial charge in [0.25, 0.3) is 5.91 Å². The topological polar surface area (TPSA) is 107 Å². The number of ether oxygens (including phenoxy) is 1. The Morgan fingerprint density at radius 1 is 1.25 bits per heavy atom. The van der Waals surface area contributed by atoms with Crippen molar-refractivity contribution < 1.29 is 9.53 Å². The van der Waals surface area contributed by atoms with Crippen molar-refractivity contribution in [3.05, 3.63) is 40.8 Å². The van der Waals surface area contributed by atoms with Gasteiger partial charge in [-0.15, -0.1) is 10.2 Å². The Morgan fingerprint density at radius 2 is 2.04 bits per heavy atom. The number of hydrogen-bond acceptors (Lipinski definition) is 7.